The van der Waals surface area contributed by atoms with E-state index in [-0.39, 0.29) is 30.0 Å². The summed E-state index contributed by atoms with van der Waals surface area (Å²) in [6, 6.07) is 13.8. The van der Waals surface area contributed by atoms with Crippen LogP contribution in [-0.4, -0.2) is 45.6 Å². The summed E-state index contributed by atoms with van der Waals surface area (Å²) in [7, 11) is 0. The lowest BCUT2D eigenvalue weighted by Gasteiger charge is -2.46. The molecule has 2 heterocycles. The molecule has 2 aromatic rings. The van der Waals surface area contributed by atoms with Crippen LogP contribution in [0.1, 0.15) is 81.3 Å². The third-order valence-corrected chi connectivity index (χ3v) is 9.35. The van der Waals surface area contributed by atoms with E-state index in [4.69, 9.17) is 0 Å². The smallest absolute Gasteiger partial charge is 0.316 e. The van der Waals surface area contributed by atoms with Gasteiger partial charge in [-0.05, 0) is 69.2 Å². The van der Waals surface area contributed by atoms with Crippen LogP contribution in [0.4, 0.5) is 9.18 Å². The van der Waals surface area contributed by atoms with Crippen LogP contribution in [0.3, 0.4) is 0 Å². The molecule has 3 aliphatic carbocycles. The first-order chi connectivity index (χ1) is 19.5. The molecule has 1 aliphatic heterocycles. The number of benzene rings is 1. The topological polar surface area (TPSA) is 93.9 Å². The summed E-state index contributed by atoms with van der Waals surface area (Å²) in [5.74, 6) is 0.0269. The van der Waals surface area contributed by atoms with E-state index in [0.717, 1.165) is 63.6 Å². The van der Waals surface area contributed by atoms with Crippen molar-refractivity contribution in [3.05, 3.63) is 77.7 Å². The number of piperidine rings is 1. The number of carbonyl (C=O) groups is 1. The van der Waals surface area contributed by atoms with E-state index >= 15 is 4.39 Å². The quantitative estimate of drug-likeness (QED) is 0.486. The summed E-state index contributed by atoms with van der Waals surface area (Å²) in [5.41, 5.74) is 0.590. The van der Waals surface area contributed by atoms with Gasteiger partial charge in [0.25, 0.3) is 0 Å². The van der Waals surface area contributed by atoms with Gasteiger partial charge in [0.15, 0.2) is 0 Å². The Morgan fingerprint density at radius 3 is 2.45 bits per heavy atom. The number of hydrogen-bond donors (Lipinski definition) is 2. The molecular weight excluding hydrogens is 503 g/mol. The molecule has 40 heavy (non-hydrogen) atoms. The van der Waals surface area contributed by atoms with Crippen molar-refractivity contribution in [2.24, 2.45) is 5.92 Å². The average Bonchev–Trinajstić information content (AvgIpc) is 3.84. The second kappa shape index (κ2) is 11.1. The molecule has 6 rings (SSSR count). The summed E-state index contributed by atoms with van der Waals surface area (Å²) in [5, 5.41) is 16.0. The number of urea groups is 1. The zero-order chi connectivity index (χ0) is 27.6. The van der Waals surface area contributed by atoms with E-state index in [0.29, 0.717) is 17.3 Å². The van der Waals surface area contributed by atoms with Gasteiger partial charge in [-0.25, -0.2) is 19.2 Å². The van der Waals surface area contributed by atoms with Crippen molar-refractivity contribution in [1.29, 1.82) is 5.26 Å². The first kappa shape index (κ1) is 26.6. The van der Waals surface area contributed by atoms with Crippen LogP contribution in [0.25, 0.3) is 5.57 Å². The zero-order valence-corrected chi connectivity index (χ0v) is 22.9. The highest BCUT2D eigenvalue weighted by Crippen LogP contribution is 2.43. The molecule has 2 amide bonds. The molecule has 7 nitrogen and oxygen atoms in total. The summed E-state index contributed by atoms with van der Waals surface area (Å²) >= 11 is 0. The lowest BCUT2D eigenvalue weighted by atomic mass is 9.72. The van der Waals surface area contributed by atoms with E-state index in [1.807, 2.05) is 48.6 Å². The van der Waals surface area contributed by atoms with Crippen molar-refractivity contribution in [2.75, 3.05) is 13.1 Å². The van der Waals surface area contributed by atoms with E-state index in [1.165, 1.54) is 12.8 Å². The first-order valence-electron chi connectivity index (χ1n) is 14.7. The van der Waals surface area contributed by atoms with Gasteiger partial charge in [0.1, 0.15) is 11.9 Å². The molecular formula is C32H37FN6O. The predicted octanol–water partition coefficient (Wildman–Crippen LogP) is 5.76. The van der Waals surface area contributed by atoms with Gasteiger partial charge in [0.2, 0.25) is 5.82 Å². The molecule has 3 fully saturated rings. The average molecular weight is 541 g/mol. The van der Waals surface area contributed by atoms with Crippen molar-refractivity contribution in [1.82, 2.24) is 25.5 Å². The van der Waals surface area contributed by atoms with Crippen LogP contribution in [0.5, 0.6) is 0 Å². The van der Waals surface area contributed by atoms with Crippen LogP contribution < -0.4 is 10.6 Å². The zero-order valence-electron chi connectivity index (χ0n) is 22.9. The van der Waals surface area contributed by atoms with E-state index in [9.17, 15) is 10.1 Å². The van der Waals surface area contributed by atoms with Crippen LogP contribution in [0.2, 0.25) is 0 Å². The number of halogens is 1. The molecule has 208 valence electrons. The number of aromatic nitrogens is 2. The van der Waals surface area contributed by atoms with E-state index in [2.05, 4.69) is 25.5 Å². The van der Waals surface area contributed by atoms with E-state index in [1.54, 1.807) is 12.3 Å². The highest BCUT2D eigenvalue weighted by molar-refractivity contribution is 5.80. The molecule has 4 aliphatic rings. The maximum atomic E-state index is 15.9. The summed E-state index contributed by atoms with van der Waals surface area (Å²) in [4.78, 5) is 25.0. The molecule has 1 aromatic carbocycles. The normalized spacial score (nSPS) is 25.3. The maximum absolute atomic E-state index is 15.9. The monoisotopic (exact) mass is 540 g/mol. The number of allylic oxidation sites excluding steroid dienone is 2. The molecule has 0 radical (unpaired) electrons. The van der Waals surface area contributed by atoms with Crippen LogP contribution in [0.15, 0.2) is 60.6 Å². The standard InChI is InChI=1S/C32H37FN6O/c33-27-21-32(17-11-26(27)23-7-3-1-4-8-23,24-13-19-39(20-14-24)25-9-10-25)38-30(40)37-31(15-5-2-6-16-31)28-12-18-35-29(22-34)36-28/h1,3-4,7-8,11-12,17-18,24-25H,2,5-6,9-10,13-16,19-21H2,(H2,37,38,40). The Balaban J connectivity index is 1.27. The number of hydrogen-bond acceptors (Lipinski definition) is 5. The van der Waals surface area contributed by atoms with Crippen molar-refractivity contribution in [3.8, 4) is 6.07 Å². The molecule has 2 saturated carbocycles. The third kappa shape index (κ3) is 5.40. The minimum absolute atomic E-state index is 0.0967. The Morgan fingerprint density at radius 2 is 1.77 bits per heavy atom. The number of nitrogens with zero attached hydrogens (tertiary/aromatic N) is 4. The summed E-state index contributed by atoms with van der Waals surface area (Å²) in [6.45, 7) is 1.96. The van der Waals surface area contributed by atoms with Crippen molar-refractivity contribution < 1.29 is 9.18 Å². The molecule has 0 bridgehead atoms. The van der Waals surface area contributed by atoms with Gasteiger partial charge in [-0.3, -0.25) is 0 Å². The second-order valence-corrected chi connectivity index (χ2v) is 11.9. The van der Waals surface area contributed by atoms with Gasteiger partial charge in [-0.1, -0.05) is 61.7 Å². The molecule has 1 aromatic heterocycles. The maximum Gasteiger partial charge on any atom is 0.316 e. The predicted molar refractivity (Wildman–Crippen MR) is 151 cm³/mol. The van der Waals surface area contributed by atoms with Gasteiger partial charge in [-0.15, -0.1) is 0 Å². The molecule has 1 unspecified atom stereocenters. The van der Waals surface area contributed by atoms with Crippen molar-refractivity contribution >= 4 is 11.6 Å². The van der Waals surface area contributed by atoms with Gasteiger partial charge < -0.3 is 15.5 Å². The summed E-state index contributed by atoms with van der Waals surface area (Å²) < 4.78 is 15.9. The Labute approximate surface area is 235 Å². The van der Waals surface area contributed by atoms with Crippen LogP contribution in [-0.2, 0) is 5.54 Å². The van der Waals surface area contributed by atoms with E-state index < -0.39 is 11.1 Å². The number of nitrogens with one attached hydrogen (secondary N) is 2. The molecule has 2 N–H and O–H groups in total. The van der Waals surface area contributed by atoms with Crippen molar-refractivity contribution in [2.45, 2.75) is 81.3 Å². The van der Waals surface area contributed by atoms with Crippen molar-refractivity contribution in [3.63, 3.8) is 0 Å². The van der Waals surface area contributed by atoms with Crippen LogP contribution >= 0.6 is 0 Å². The Morgan fingerprint density at radius 1 is 1.02 bits per heavy atom. The van der Waals surface area contributed by atoms with Gasteiger partial charge in [0.05, 0.1) is 16.8 Å². The van der Waals surface area contributed by atoms with Gasteiger partial charge in [0, 0.05) is 24.2 Å². The first-order valence-corrected chi connectivity index (χ1v) is 14.7. The Hall–Kier alpha value is -3.57. The van der Waals surface area contributed by atoms with Crippen LogP contribution in [0, 0.1) is 17.2 Å². The minimum Gasteiger partial charge on any atom is -0.329 e. The number of likely N-dealkylation sites (tertiary alicyclic amines) is 1. The molecule has 1 atom stereocenters. The van der Waals surface area contributed by atoms with Gasteiger partial charge >= 0.3 is 6.03 Å². The minimum atomic E-state index is -0.818. The fraction of sp³-hybridized carbons (Fsp3) is 0.500. The number of amides is 2. The molecule has 0 spiro atoms. The summed E-state index contributed by atoms with van der Waals surface area (Å²) in [6.07, 6.45) is 14.5. The fourth-order valence-corrected chi connectivity index (χ4v) is 7.03. The SMILES string of the molecule is N#Cc1nccc(C2(NC(=O)NC3(C4CCN(C5CC5)CC4)C=CC(c4ccccc4)=C(F)C3)CCCCC2)n1. The lowest BCUT2D eigenvalue weighted by molar-refractivity contribution is 0.120. The fourth-order valence-electron chi connectivity index (χ4n) is 7.03. The molecule has 8 heteroatoms. The molecule has 1 saturated heterocycles. The second-order valence-electron chi connectivity index (χ2n) is 11.9. The highest BCUT2D eigenvalue weighted by atomic mass is 19.1. The number of carbonyl (C=O) groups excluding carboxylic acids is 1. The van der Waals surface area contributed by atoms with Gasteiger partial charge in [-0.2, -0.15) is 5.26 Å². The number of nitriles is 1. The Kier molecular flexibility index (Phi) is 7.41. The highest BCUT2D eigenvalue weighted by Gasteiger charge is 2.45. The largest absolute Gasteiger partial charge is 0.329 e. The Bertz CT molecular complexity index is 1330. The lowest BCUT2D eigenvalue weighted by Crippen LogP contribution is -2.61. The number of rotatable bonds is 6. The third-order valence-electron chi connectivity index (χ3n) is 9.35.